The van der Waals surface area contributed by atoms with Gasteiger partial charge in [0.25, 0.3) is 0 Å². The van der Waals surface area contributed by atoms with Crippen LogP contribution in [0.15, 0.2) is 104 Å². The molecule has 0 fully saturated rings. The fourth-order valence-electron chi connectivity index (χ4n) is 4.30. The number of carbonyl (C=O) groups is 2. The highest BCUT2D eigenvalue weighted by atomic mass is 32.1. The van der Waals surface area contributed by atoms with Gasteiger partial charge in [-0.2, -0.15) is 0 Å². The lowest BCUT2D eigenvalue weighted by atomic mass is 10.0. The van der Waals surface area contributed by atoms with Crippen molar-refractivity contribution in [2.24, 2.45) is 0 Å². The molecule has 0 saturated carbocycles. The Bertz CT molecular complexity index is 1710. The Morgan fingerprint density at radius 3 is 2.38 bits per heavy atom. The molecule has 5 rings (SSSR count). The zero-order valence-electron chi connectivity index (χ0n) is 25.0. The summed E-state index contributed by atoms with van der Waals surface area (Å²) in [4.78, 5) is 27.7. The molecule has 0 radical (unpaired) electrons. The first kappa shape index (κ1) is 32.6. The smallest absolute Gasteiger partial charge is 0.343 e. The maximum atomic E-state index is 12.6. The number of aryl methyl sites for hydroxylation is 1. The molecule has 0 saturated heterocycles. The van der Waals surface area contributed by atoms with Crippen LogP contribution < -0.4 is 15.2 Å². The van der Waals surface area contributed by atoms with E-state index in [0.29, 0.717) is 40.8 Å². The zero-order valence-corrected chi connectivity index (χ0v) is 25.8. The number of nitrogens with zero attached hydrogens (tertiary/aromatic N) is 1. The van der Waals surface area contributed by atoms with E-state index in [9.17, 15) is 9.59 Å². The Morgan fingerprint density at radius 1 is 0.956 bits per heavy atom. The third-order valence-corrected chi connectivity index (χ3v) is 7.43. The first-order valence-electron chi connectivity index (χ1n) is 14.5. The highest BCUT2D eigenvalue weighted by molar-refractivity contribution is 7.22. The van der Waals surface area contributed by atoms with Gasteiger partial charge in [0.15, 0.2) is 5.13 Å². The van der Waals surface area contributed by atoms with Gasteiger partial charge < -0.3 is 25.4 Å². The second-order valence-electron chi connectivity index (χ2n) is 9.85. The molecule has 8 nitrogen and oxygen atoms in total. The topological polar surface area (TPSA) is 125 Å². The van der Waals surface area contributed by atoms with Crippen LogP contribution >= 0.6 is 11.3 Å². The number of esters is 2. The van der Waals surface area contributed by atoms with Crippen molar-refractivity contribution >= 4 is 44.8 Å². The van der Waals surface area contributed by atoms with Crippen LogP contribution in [-0.4, -0.2) is 36.4 Å². The number of fused-ring (bicyclic) bond motifs is 1. The van der Waals surface area contributed by atoms with Gasteiger partial charge in [-0.3, -0.25) is 0 Å². The number of rotatable bonds is 12. The Morgan fingerprint density at radius 2 is 1.69 bits per heavy atom. The van der Waals surface area contributed by atoms with Crippen molar-refractivity contribution in [2.75, 3.05) is 18.9 Å². The van der Waals surface area contributed by atoms with Crippen molar-refractivity contribution in [3.63, 3.8) is 0 Å². The molecule has 0 spiro atoms. The van der Waals surface area contributed by atoms with Gasteiger partial charge in [0.1, 0.15) is 11.5 Å². The summed E-state index contributed by atoms with van der Waals surface area (Å²) in [5.74, 6) is -0.0702. The molecule has 0 aliphatic rings. The molecule has 0 amide bonds. The summed E-state index contributed by atoms with van der Waals surface area (Å²) in [6, 6.07) is 28.3. The lowest BCUT2D eigenvalue weighted by molar-refractivity contribution is -0.137. The van der Waals surface area contributed by atoms with Crippen LogP contribution in [0.4, 0.5) is 5.13 Å². The average Bonchev–Trinajstić information content (AvgIpc) is 3.46. The van der Waals surface area contributed by atoms with Gasteiger partial charge in [-0.05, 0) is 71.6 Å². The molecule has 45 heavy (non-hydrogen) atoms. The molecule has 9 heteroatoms. The molecular weight excluding hydrogens is 586 g/mol. The molecule has 0 aliphatic heterocycles. The first-order valence-corrected chi connectivity index (χ1v) is 15.3. The van der Waals surface area contributed by atoms with E-state index in [1.807, 2.05) is 36.4 Å². The van der Waals surface area contributed by atoms with Crippen molar-refractivity contribution in [1.82, 2.24) is 4.98 Å². The predicted molar refractivity (Wildman–Crippen MR) is 180 cm³/mol. The molecule has 1 aromatic heterocycles. The Hall–Kier alpha value is -5.28. The van der Waals surface area contributed by atoms with Crippen molar-refractivity contribution in [3.05, 3.63) is 120 Å². The molecule has 0 aliphatic carbocycles. The summed E-state index contributed by atoms with van der Waals surface area (Å²) < 4.78 is 17.2. The Labute approximate surface area is 266 Å². The third kappa shape index (κ3) is 9.61. The number of anilines is 1. The minimum atomic E-state index is -0.521. The number of hydrogen-bond donors (Lipinski definition) is 2. The Balaban J connectivity index is 0.000000385. The van der Waals surface area contributed by atoms with Crippen LogP contribution in [0.1, 0.15) is 41.3 Å². The fraction of sp³-hybridized carbons (Fsp3) is 0.167. The van der Waals surface area contributed by atoms with E-state index in [1.165, 1.54) is 23.1 Å². The highest BCUT2D eigenvalue weighted by Crippen LogP contribution is 2.27. The third-order valence-electron chi connectivity index (χ3n) is 6.56. The summed E-state index contributed by atoms with van der Waals surface area (Å²) in [6.45, 7) is 6.10. The van der Waals surface area contributed by atoms with E-state index in [0.717, 1.165) is 40.3 Å². The van der Waals surface area contributed by atoms with E-state index in [1.54, 1.807) is 30.3 Å². The number of nitrogens with two attached hydrogens (primary N) is 1. The van der Waals surface area contributed by atoms with Crippen LogP contribution in [0.2, 0.25) is 0 Å². The van der Waals surface area contributed by atoms with Crippen LogP contribution in [0.3, 0.4) is 0 Å². The monoisotopic (exact) mass is 621 g/mol. The van der Waals surface area contributed by atoms with E-state index in [-0.39, 0.29) is 6.61 Å². The predicted octanol–water partition coefficient (Wildman–Crippen LogP) is 7.90. The average molecular weight is 622 g/mol. The van der Waals surface area contributed by atoms with Gasteiger partial charge in [0.05, 0.1) is 29.0 Å². The molecule has 0 bridgehead atoms. The minimum absolute atomic E-state index is 0.244. The molecule has 0 atom stereocenters. The number of nitrogen functional groups attached to an aromatic ring is 1. The van der Waals surface area contributed by atoms with E-state index in [4.69, 9.17) is 25.4 Å². The second kappa shape index (κ2) is 16.5. The minimum Gasteiger partial charge on any atom is -0.493 e. The van der Waals surface area contributed by atoms with Crippen LogP contribution in [0, 0.1) is 5.41 Å². The number of para-hydroxylation sites is 1. The molecule has 0 unspecified atom stereocenters. The van der Waals surface area contributed by atoms with Crippen LogP contribution in [0.25, 0.3) is 21.3 Å². The van der Waals surface area contributed by atoms with Crippen molar-refractivity contribution in [3.8, 4) is 22.6 Å². The quantitative estimate of drug-likeness (QED) is 0.0477. The van der Waals surface area contributed by atoms with Crippen molar-refractivity contribution in [1.29, 1.82) is 5.41 Å². The molecule has 4 aromatic carbocycles. The van der Waals surface area contributed by atoms with Crippen molar-refractivity contribution < 1.29 is 23.8 Å². The normalized spacial score (nSPS) is 10.3. The standard InChI is InChI=1S/C29H29NO5.C7H6N2S/c1-3-6-21-7-9-22(10-8-21)24-13-16-27(25(19-24)20-30)35-29(32)23-11-14-26(15-12-23)33-17-5-18-34-28(31)4-2;8-7-9-5-3-1-2-4-6(5)10-7/h4,7-16,19-20,30H,2-3,5-6,17-18H2,1H3;1-4H,(H2,8,9). The highest BCUT2D eigenvalue weighted by Gasteiger charge is 2.13. The fourth-order valence-corrected chi connectivity index (χ4v) is 5.04. The number of thiazole rings is 1. The lowest BCUT2D eigenvalue weighted by Gasteiger charge is -2.11. The van der Waals surface area contributed by atoms with Gasteiger partial charge in [0, 0.05) is 24.3 Å². The molecule has 1 heterocycles. The zero-order chi connectivity index (χ0) is 32.0. The van der Waals surface area contributed by atoms with Gasteiger partial charge in [-0.25, -0.2) is 14.6 Å². The number of hydrogen-bond acceptors (Lipinski definition) is 9. The maximum absolute atomic E-state index is 12.6. The summed E-state index contributed by atoms with van der Waals surface area (Å²) in [7, 11) is 0. The molecule has 230 valence electrons. The van der Waals surface area contributed by atoms with Crippen LogP contribution in [-0.2, 0) is 16.0 Å². The maximum Gasteiger partial charge on any atom is 0.343 e. The summed E-state index contributed by atoms with van der Waals surface area (Å²) >= 11 is 1.52. The summed E-state index contributed by atoms with van der Waals surface area (Å²) in [5.41, 5.74) is 10.7. The number of aromatic nitrogens is 1. The van der Waals surface area contributed by atoms with Crippen LogP contribution in [0.5, 0.6) is 11.5 Å². The van der Waals surface area contributed by atoms with Gasteiger partial charge in [-0.15, -0.1) is 0 Å². The van der Waals surface area contributed by atoms with Gasteiger partial charge in [-0.1, -0.05) is 73.7 Å². The number of benzene rings is 4. The second-order valence-corrected chi connectivity index (χ2v) is 10.9. The van der Waals surface area contributed by atoms with E-state index >= 15 is 0 Å². The first-order chi connectivity index (χ1) is 21.9. The molecular formula is C36H35N3O5S. The van der Waals surface area contributed by atoms with E-state index in [2.05, 4.69) is 42.8 Å². The SMILES string of the molecule is C=CC(=O)OCCCOc1ccc(C(=O)Oc2ccc(-c3ccc(CCC)cc3)cc2C=N)cc1.Nc1nc2ccccc2s1. The van der Waals surface area contributed by atoms with E-state index < -0.39 is 11.9 Å². The Kier molecular flexibility index (Phi) is 12.0. The molecule has 3 N–H and O–H groups in total. The lowest BCUT2D eigenvalue weighted by Crippen LogP contribution is -2.10. The van der Waals surface area contributed by atoms with Gasteiger partial charge in [0.2, 0.25) is 0 Å². The molecule has 5 aromatic rings. The largest absolute Gasteiger partial charge is 0.493 e. The number of ether oxygens (including phenoxy) is 3. The number of nitrogens with one attached hydrogen (secondary N) is 1. The summed E-state index contributed by atoms with van der Waals surface area (Å²) in [6.07, 6.45) is 4.98. The van der Waals surface area contributed by atoms with Gasteiger partial charge >= 0.3 is 11.9 Å². The number of carbonyl (C=O) groups excluding carboxylic acids is 2. The van der Waals surface area contributed by atoms with Crippen molar-refractivity contribution in [2.45, 2.75) is 26.2 Å². The summed E-state index contributed by atoms with van der Waals surface area (Å²) in [5, 5.41) is 8.41.